The van der Waals surface area contributed by atoms with Crippen molar-refractivity contribution in [2.75, 3.05) is 0 Å². The summed E-state index contributed by atoms with van der Waals surface area (Å²) in [7, 11) is -0.494. The number of hydrogen-bond donors (Lipinski definition) is 0. The molecular formula is C30H52FeP2-6. The van der Waals surface area contributed by atoms with E-state index < -0.39 is 0 Å². The van der Waals surface area contributed by atoms with E-state index in [9.17, 15) is 0 Å². The van der Waals surface area contributed by atoms with Gasteiger partial charge in [0.25, 0.3) is 0 Å². The largest absolute Gasteiger partial charge is 0.748 e. The fourth-order valence-corrected chi connectivity index (χ4v) is 13.5. The maximum atomic E-state index is 2.52. The summed E-state index contributed by atoms with van der Waals surface area (Å²) in [5, 5.41) is 4.91. The third-order valence-corrected chi connectivity index (χ3v) is 15.7. The van der Waals surface area contributed by atoms with Gasteiger partial charge in [0.1, 0.15) is 0 Å². The molecule has 0 nitrogen and oxygen atoms in total. The first-order chi connectivity index (χ1) is 14.7. The summed E-state index contributed by atoms with van der Waals surface area (Å²) in [6.45, 7) is 29.7. The summed E-state index contributed by atoms with van der Waals surface area (Å²) in [5.41, 5.74) is 0. The fourth-order valence-electron chi connectivity index (χ4n) is 4.68. The number of hydrogen-bond acceptors (Lipinski definition) is 0. The van der Waals surface area contributed by atoms with Crippen LogP contribution in [0.3, 0.4) is 0 Å². The van der Waals surface area contributed by atoms with Crippen LogP contribution in [0.25, 0.3) is 0 Å². The molecule has 2 aromatic rings. The molecule has 0 aliphatic carbocycles. The Morgan fingerprint density at radius 1 is 0.636 bits per heavy atom. The Bertz CT molecular complexity index is 665. The van der Waals surface area contributed by atoms with Crippen LogP contribution in [0, 0.1) is 0 Å². The van der Waals surface area contributed by atoms with Crippen molar-refractivity contribution in [3.8, 4) is 0 Å². The van der Waals surface area contributed by atoms with Gasteiger partial charge in [-0.15, -0.1) is 18.5 Å². The Morgan fingerprint density at radius 2 is 0.970 bits per heavy atom. The van der Waals surface area contributed by atoms with Crippen LogP contribution >= 0.6 is 15.8 Å². The van der Waals surface area contributed by atoms with Gasteiger partial charge in [0, 0.05) is 17.1 Å². The SMILES string of the molecule is CCC(C)(C)P(c1ccc[c-]1P(C(C)(C)CC)C(C)(C)CC)C(C)(C)CC.[Fe].[cH-]1[cH-][cH-][cH-][cH-]1. The van der Waals surface area contributed by atoms with Crippen LogP contribution in [0.2, 0.25) is 0 Å². The molecule has 0 saturated heterocycles. The minimum atomic E-state index is -0.247. The van der Waals surface area contributed by atoms with Crippen molar-refractivity contribution in [3.05, 3.63) is 48.5 Å². The third-order valence-electron chi connectivity index (χ3n) is 7.69. The molecule has 0 aromatic heterocycles. The monoisotopic (exact) mass is 530 g/mol. The third kappa shape index (κ3) is 8.32. The maximum Gasteiger partial charge on any atom is 0 e. The van der Waals surface area contributed by atoms with E-state index >= 15 is 0 Å². The normalized spacial score (nSPS) is 13.0. The van der Waals surface area contributed by atoms with Crippen LogP contribution in [-0.2, 0) is 17.1 Å². The van der Waals surface area contributed by atoms with Crippen molar-refractivity contribution >= 4 is 26.5 Å². The van der Waals surface area contributed by atoms with Gasteiger partial charge in [0.2, 0.25) is 0 Å². The van der Waals surface area contributed by atoms with E-state index in [-0.39, 0.29) is 32.9 Å². The predicted octanol–water partition coefficient (Wildman–Crippen LogP) is 9.78. The molecule has 0 aliphatic heterocycles. The minimum Gasteiger partial charge on any atom is -0.748 e. The summed E-state index contributed by atoms with van der Waals surface area (Å²) >= 11 is 0. The first-order valence-corrected chi connectivity index (χ1v) is 15.4. The smallest absolute Gasteiger partial charge is 0 e. The van der Waals surface area contributed by atoms with Crippen LogP contribution in [-0.4, -0.2) is 20.6 Å². The zero-order valence-electron chi connectivity index (χ0n) is 23.7. The van der Waals surface area contributed by atoms with Gasteiger partial charge >= 0.3 is 0 Å². The van der Waals surface area contributed by atoms with E-state index in [0.717, 1.165) is 0 Å². The van der Waals surface area contributed by atoms with Crippen molar-refractivity contribution in [1.29, 1.82) is 0 Å². The van der Waals surface area contributed by atoms with E-state index in [4.69, 9.17) is 0 Å². The van der Waals surface area contributed by atoms with Crippen LogP contribution < -0.4 is 10.6 Å². The standard InChI is InChI=1S/C25H47P2.C5H5.Fe/c1-13-22(5,6)26(23(7,8)14-2)20-18-17-19-21(20)27(24(9,10)15-3)25(11,12)16-4;1-2-4-5-3-1;/h17-19H,13-16H2,1-12H3;1-5H;/q-1;-5;. The Morgan fingerprint density at radius 3 is 1.27 bits per heavy atom. The molecule has 2 aromatic carbocycles. The maximum absolute atomic E-state index is 2.52. The topological polar surface area (TPSA) is 0 Å². The van der Waals surface area contributed by atoms with Gasteiger partial charge in [-0.25, -0.2) is 12.1 Å². The molecule has 33 heavy (non-hydrogen) atoms. The molecule has 2 rings (SSSR count). The molecule has 0 unspecified atom stereocenters. The zero-order valence-corrected chi connectivity index (χ0v) is 26.6. The minimum absolute atomic E-state index is 0. The van der Waals surface area contributed by atoms with Crippen molar-refractivity contribution in [2.45, 2.75) is 129 Å². The molecule has 0 radical (unpaired) electrons. The van der Waals surface area contributed by atoms with Crippen molar-refractivity contribution in [3.63, 3.8) is 0 Å². The average molecular weight is 531 g/mol. The molecule has 0 fully saturated rings. The van der Waals surface area contributed by atoms with Crippen LogP contribution in [0.5, 0.6) is 0 Å². The molecular weight excluding hydrogens is 478 g/mol. The molecule has 0 atom stereocenters. The van der Waals surface area contributed by atoms with E-state index in [1.807, 2.05) is 30.3 Å². The second-order valence-electron chi connectivity index (χ2n) is 11.6. The van der Waals surface area contributed by atoms with Crippen LogP contribution in [0.15, 0.2) is 48.5 Å². The van der Waals surface area contributed by atoms with Gasteiger partial charge in [0.15, 0.2) is 0 Å². The first kappa shape index (κ1) is 33.1. The van der Waals surface area contributed by atoms with Crippen LogP contribution in [0.4, 0.5) is 0 Å². The van der Waals surface area contributed by atoms with Gasteiger partial charge in [-0.05, 0) is 46.3 Å². The Labute approximate surface area is 220 Å². The molecule has 0 saturated carbocycles. The van der Waals surface area contributed by atoms with Gasteiger partial charge < -0.3 is 30.3 Å². The van der Waals surface area contributed by atoms with E-state index in [0.29, 0.717) is 20.6 Å². The molecule has 3 heteroatoms. The van der Waals surface area contributed by atoms with E-state index in [1.54, 1.807) is 10.6 Å². The zero-order chi connectivity index (χ0) is 24.8. The second kappa shape index (κ2) is 13.4. The summed E-state index contributed by atoms with van der Waals surface area (Å²) in [6.07, 6.45) is 5.00. The molecule has 0 heterocycles. The predicted molar refractivity (Wildman–Crippen MR) is 155 cm³/mol. The van der Waals surface area contributed by atoms with Gasteiger partial charge in [-0.1, -0.05) is 91.0 Å². The molecule has 196 valence electrons. The summed E-state index contributed by atoms with van der Waals surface area (Å²) in [4.78, 5) is 0. The number of rotatable bonds is 10. The van der Waals surface area contributed by atoms with Gasteiger partial charge in [0.05, 0.1) is 0 Å². The molecule has 0 N–H and O–H groups in total. The van der Waals surface area contributed by atoms with E-state index in [2.05, 4.69) is 101 Å². The summed E-state index contributed by atoms with van der Waals surface area (Å²) < 4.78 is 0. The molecule has 0 bridgehead atoms. The Hall–Kier alpha value is 0.0795. The van der Waals surface area contributed by atoms with Gasteiger partial charge in [-0.3, -0.25) is 0 Å². The molecule has 0 spiro atoms. The Balaban J connectivity index is 0.00000150. The second-order valence-corrected chi connectivity index (χ2v) is 18.7. The van der Waals surface area contributed by atoms with E-state index in [1.165, 1.54) is 25.7 Å². The fraction of sp³-hybridized carbons (Fsp3) is 0.667. The quantitative estimate of drug-likeness (QED) is 0.163. The van der Waals surface area contributed by atoms with Crippen molar-refractivity contribution in [1.82, 2.24) is 0 Å². The Kier molecular flexibility index (Phi) is 13.4. The first-order valence-electron chi connectivity index (χ1n) is 12.7. The summed E-state index contributed by atoms with van der Waals surface area (Å²) in [5.74, 6) is 0. The summed E-state index contributed by atoms with van der Waals surface area (Å²) in [6, 6.07) is 17.4. The van der Waals surface area contributed by atoms with Crippen molar-refractivity contribution in [2.24, 2.45) is 0 Å². The van der Waals surface area contributed by atoms with Crippen molar-refractivity contribution < 1.29 is 17.1 Å². The average Bonchev–Trinajstić information content (AvgIpc) is 3.43. The molecule has 0 aliphatic rings. The molecule has 0 amide bonds. The van der Waals surface area contributed by atoms with Gasteiger partial charge in [-0.2, -0.15) is 6.07 Å². The van der Waals surface area contributed by atoms with Crippen LogP contribution in [0.1, 0.15) is 109 Å².